The molecular formula is C16H16N2OS2. The van der Waals surface area contributed by atoms with E-state index in [9.17, 15) is 4.21 Å². The van der Waals surface area contributed by atoms with Gasteiger partial charge in [0.15, 0.2) is 0 Å². The molecule has 2 atom stereocenters. The molecular weight excluding hydrogens is 300 g/mol. The van der Waals surface area contributed by atoms with E-state index in [2.05, 4.69) is 5.10 Å². The van der Waals surface area contributed by atoms with Crippen molar-refractivity contribution < 1.29 is 4.21 Å². The van der Waals surface area contributed by atoms with Crippen molar-refractivity contribution in [2.45, 2.75) is 17.9 Å². The second-order valence-corrected chi connectivity index (χ2v) is 7.55. The van der Waals surface area contributed by atoms with Crippen LogP contribution in [0.15, 0.2) is 60.2 Å². The third-order valence-electron chi connectivity index (χ3n) is 3.30. The first-order chi connectivity index (χ1) is 10.2. The van der Waals surface area contributed by atoms with Crippen LogP contribution in [0.25, 0.3) is 5.69 Å². The summed E-state index contributed by atoms with van der Waals surface area (Å²) in [5, 5.41) is 6.43. The molecule has 0 aliphatic carbocycles. The highest BCUT2D eigenvalue weighted by atomic mass is 32.2. The molecule has 0 spiro atoms. The predicted molar refractivity (Wildman–Crippen MR) is 88.1 cm³/mol. The molecule has 21 heavy (non-hydrogen) atoms. The lowest BCUT2D eigenvalue weighted by Crippen LogP contribution is -2.03. The van der Waals surface area contributed by atoms with Crippen LogP contribution in [0.1, 0.15) is 22.6 Å². The van der Waals surface area contributed by atoms with E-state index in [1.54, 1.807) is 17.5 Å². The van der Waals surface area contributed by atoms with Gasteiger partial charge in [0.2, 0.25) is 0 Å². The SMILES string of the molecule is CC(c1cccs1)S(=O)Cc1cnn(-c2ccccc2)c1. The molecule has 3 aromatic rings. The van der Waals surface area contributed by atoms with Crippen molar-refractivity contribution in [2.24, 2.45) is 0 Å². The van der Waals surface area contributed by atoms with Crippen molar-refractivity contribution in [3.63, 3.8) is 0 Å². The fraction of sp³-hybridized carbons (Fsp3) is 0.188. The summed E-state index contributed by atoms with van der Waals surface area (Å²) in [5.41, 5.74) is 2.02. The molecule has 0 aliphatic heterocycles. The Kier molecular flexibility index (Phi) is 4.31. The molecule has 2 aromatic heterocycles. The highest BCUT2D eigenvalue weighted by molar-refractivity contribution is 7.84. The Morgan fingerprint density at radius 2 is 2.05 bits per heavy atom. The number of hydrogen-bond donors (Lipinski definition) is 0. The molecule has 0 fully saturated rings. The third-order valence-corrected chi connectivity index (χ3v) is 6.17. The maximum Gasteiger partial charge on any atom is 0.0665 e. The molecule has 0 bridgehead atoms. The number of thiophene rings is 1. The highest BCUT2D eigenvalue weighted by Gasteiger charge is 2.15. The van der Waals surface area contributed by atoms with Crippen LogP contribution in [-0.4, -0.2) is 14.0 Å². The van der Waals surface area contributed by atoms with Crippen LogP contribution in [0.5, 0.6) is 0 Å². The van der Waals surface area contributed by atoms with Crippen LogP contribution in [0.3, 0.4) is 0 Å². The van der Waals surface area contributed by atoms with Crippen molar-refractivity contribution >= 4 is 22.1 Å². The number of para-hydroxylation sites is 1. The zero-order valence-electron chi connectivity index (χ0n) is 11.7. The summed E-state index contributed by atoms with van der Waals surface area (Å²) in [6.07, 6.45) is 3.75. The van der Waals surface area contributed by atoms with Crippen molar-refractivity contribution in [1.29, 1.82) is 0 Å². The molecule has 0 N–H and O–H groups in total. The second kappa shape index (κ2) is 6.37. The van der Waals surface area contributed by atoms with E-state index in [0.717, 1.165) is 11.3 Å². The van der Waals surface area contributed by atoms with Gasteiger partial charge in [0.1, 0.15) is 0 Å². The summed E-state index contributed by atoms with van der Waals surface area (Å²) in [7, 11) is -0.931. The van der Waals surface area contributed by atoms with E-state index in [1.165, 1.54) is 4.88 Å². The largest absolute Gasteiger partial charge is 0.259 e. The van der Waals surface area contributed by atoms with E-state index in [-0.39, 0.29) is 5.25 Å². The molecule has 3 rings (SSSR count). The zero-order chi connectivity index (χ0) is 14.7. The van der Waals surface area contributed by atoms with Gasteiger partial charge in [0.05, 0.1) is 22.9 Å². The van der Waals surface area contributed by atoms with Gasteiger partial charge in [0, 0.05) is 27.4 Å². The summed E-state index contributed by atoms with van der Waals surface area (Å²) < 4.78 is 14.3. The monoisotopic (exact) mass is 316 g/mol. The van der Waals surface area contributed by atoms with Crippen molar-refractivity contribution in [3.8, 4) is 5.69 Å². The van der Waals surface area contributed by atoms with Crippen LogP contribution in [0.4, 0.5) is 0 Å². The molecule has 0 amide bonds. The molecule has 2 heterocycles. The van der Waals surface area contributed by atoms with Crippen LogP contribution in [0, 0.1) is 0 Å². The van der Waals surface area contributed by atoms with Gasteiger partial charge in [-0.3, -0.25) is 4.21 Å². The first kappa shape index (κ1) is 14.2. The van der Waals surface area contributed by atoms with Crippen LogP contribution in [-0.2, 0) is 16.6 Å². The number of rotatable bonds is 5. The van der Waals surface area contributed by atoms with Crippen LogP contribution in [0.2, 0.25) is 0 Å². The maximum absolute atomic E-state index is 12.4. The second-order valence-electron chi connectivity index (χ2n) is 4.81. The van der Waals surface area contributed by atoms with E-state index < -0.39 is 10.8 Å². The predicted octanol–water partition coefficient (Wildman–Crippen LogP) is 3.94. The topological polar surface area (TPSA) is 34.9 Å². The van der Waals surface area contributed by atoms with Gasteiger partial charge >= 0.3 is 0 Å². The average Bonchev–Trinajstić information content (AvgIpc) is 3.19. The molecule has 108 valence electrons. The average molecular weight is 316 g/mol. The lowest BCUT2D eigenvalue weighted by atomic mass is 10.3. The Bertz CT molecular complexity index is 720. The van der Waals surface area contributed by atoms with Crippen LogP contribution < -0.4 is 0 Å². The summed E-state index contributed by atoms with van der Waals surface area (Å²) >= 11 is 1.66. The van der Waals surface area contributed by atoms with E-state index in [1.807, 2.05) is 65.6 Å². The van der Waals surface area contributed by atoms with Gasteiger partial charge in [-0.2, -0.15) is 5.10 Å². The quantitative estimate of drug-likeness (QED) is 0.714. The minimum Gasteiger partial charge on any atom is -0.259 e. The van der Waals surface area contributed by atoms with Gasteiger partial charge in [-0.1, -0.05) is 24.3 Å². The van der Waals surface area contributed by atoms with Gasteiger partial charge in [-0.15, -0.1) is 11.3 Å². The molecule has 1 aromatic carbocycles. The van der Waals surface area contributed by atoms with Gasteiger partial charge in [-0.05, 0) is 30.5 Å². The Morgan fingerprint density at radius 1 is 1.24 bits per heavy atom. The van der Waals surface area contributed by atoms with E-state index in [4.69, 9.17) is 0 Å². The Hall–Kier alpha value is -1.72. The Balaban J connectivity index is 1.71. The zero-order valence-corrected chi connectivity index (χ0v) is 13.3. The van der Waals surface area contributed by atoms with Gasteiger partial charge in [0.25, 0.3) is 0 Å². The lowest BCUT2D eigenvalue weighted by Gasteiger charge is -2.08. The fourth-order valence-corrected chi connectivity index (χ4v) is 4.31. The van der Waals surface area contributed by atoms with E-state index >= 15 is 0 Å². The molecule has 2 unspecified atom stereocenters. The fourth-order valence-electron chi connectivity index (χ4n) is 2.10. The molecule has 0 radical (unpaired) electrons. The maximum atomic E-state index is 12.4. The van der Waals surface area contributed by atoms with Crippen LogP contribution >= 0.6 is 11.3 Å². The normalized spacial score (nSPS) is 14.0. The number of aromatic nitrogens is 2. The van der Waals surface area contributed by atoms with E-state index in [0.29, 0.717) is 5.75 Å². The first-order valence-corrected chi connectivity index (χ1v) is 9.00. The number of hydrogen-bond acceptors (Lipinski definition) is 3. The number of benzene rings is 1. The molecule has 3 nitrogen and oxygen atoms in total. The summed E-state index contributed by atoms with van der Waals surface area (Å²) in [4.78, 5) is 1.17. The van der Waals surface area contributed by atoms with Gasteiger partial charge in [-0.25, -0.2) is 4.68 Å². The Labute approximate surface area is 130 Å². The van der Waals surface area contributed by atoms with Crippen molar-refractivity contribution in [1.82, 2.24) is 9.78 Å². The minimum atomic E-state index is -0.931. The molecule has 0 aliphatic rings. The first-order valence-electron chi connectivity index (χ1n) is 6.73. The third kappa shape index (κ3) is 3.31. The van der Waals surface area contributed by atoms with Gasteiger partial charge < -0.3 is 0 Å². The summed E-state index contributed by atoms with van der Waals surface area (Å²) in [6, 6.07) is 14.0. The summed E-state index contributed by atoms with van der Waals surface area (Å²) in [5.74, 6) is 0.534. The van der Waals surface area contributed by atoms with Crippen molar-refractivity contribution in [3.05, 3.63) is 70.7 Å². The minimum absolute atomic E-state index is 0.0603. The lowest BCUT2D eigenvalue weighted by molar-refractivity contribution is 0.676. The number of nitrogens with zero attached hydrogens (tertiary/aromatic N) is 2. The standard InChI is InChI=1S/C16H16N2OS2/c1-13(16-8-5-9-20-16)21(19)12-14-10-17-18(11-14)15-6-3-2-4-7-15/h2-11,13H,12H2,1H3. The Morgan fingerprint density at radius 3 is 2.76 bits per heavy atom. The molecule has 0 saturated carbocycles. The highest BCUT2D eigenvalue weighted by Crippen LogP contribution is 2.25. The smallest absolute Gasteiger partial charge is 0.0665 e. The summed E-state index contributed by atoms with van der Waals surface area (Å²) in [6.45, 7) is 2.02. The molecule has 0 saturated heterocycles. The van der Waals surface area contributed by atoms with Crippen molar-refractivity contribution in [2.75, 3.05) is 0 Å². The molecule has 5 heteroatoms.